The highest BCUT2D eigenvalue weighted by Crippen LogP contribution is 2.29. The van der Waals surface area contributed by atoms with Crippen LogP contribution < -0.4 is 4.74 Å². The zero-order valence-electron chi connectivity index (χ0n) is 18.6. The van der Waals surface area contributed by atoms with Crippen molar-refractivity contribution in [3.8, 4) is 16.9 Å². The summed E-state index contributed by atoms with van der Waals surface area (Å²) in [5.41, 5.74) is 7.63. The van der Waals surface area contributed by atoms with Crippen LogP contribution in [0, 0.1) is 26.6 Å². The van der Waals surface area contributed by atoms with E-state index in [4.69, 9.17) is 9.47 Å². The lowest BCUT2D eigenvalue weighted by atomic mass is 9.93. The molecule has 0 saturated heterocycles. The van der Waals surface area contributed by atoms with E-state index in [0.29, 0.717) is 30.9 Å². The van der Waals surface area contributed by atoms with Crippen LogP contribution in [0.5, 0.6) is 5.75 Å². The monoisotopic (exact) mass is 420 g/mol. The van der Waals surface area contributed by atoms with E-state index in [1.54, 1.807) is 19.1 Å². The largest absolute Gasteiger partial charge is 0.489 e. The van der Waals surface area contributed by atoms with Crippen molar-refractivity contribution in [1.29, 1.82) is 0 Å². The summed E-state index contributed by atoms with van der Waals surface area (Å²) < 4.78 is 25.1. The number of halogens is 1. The normalized spacial score (nSPS) is 10.7. The molecule has 3 rings (SSSR count). The van der Waals surface area contributed by atoms with Gasteiger partial charge in [0.05, 0.1) is 6.61 Å². The molecule has 0 amide bonds. The molecule has 0 bridgehead atoms. The second kappa shape index (κ2) is 10.3. The maximum absolute atomic E-state index is 14.4. The van der Waals surface area contributed by atoms with Gasteiger partial charge in [0.15, 0.2) is 0 Å². The SMILES string of the molecule is CCOC(=O)CCc1ccc(OCc2cccc(-c3c(C)cc(C)cc3C)c2)cc1F. The summed E-state index contributed by atoms with van der Waals surface area (Å²) in [6, 6.07) is 17.4. The number of benzene rings is 3. The fraction of sp³-hybridized carbons (Fsp3) is 0.296. The highest BCUT2D eigenvalue weighted by atomic mass is 19.1. The van der Waals surface area contributed by atoms with Crippen molar-refractivity contribution >= 4 is 5.97 Å². The predicted molar refractivity (Wildman–Crippen MR) is 122 cm³/mol. The summed E-state index contributed by atoms with van der Waals surface area (Å²) in [6.45, 7) is 8.80. The molecule has 0 N–H and O–H groups in total. The van der Waals surface area contributed by atoms with Crippen LogP contribution >= 0.6 is 0 Å². The number of carbonyl (C=O) groups is 1. The van der Waals surface area contributed by atoms with E-state index in [1.807, 2.05) is 12.1 Å². The van der Waals surface area contributed by atoms with Gasteiger partial charge in [-0.3, -0.25) is 4.79 Å². The van der Waals surface area contributed by atoms with Crippen molar-refractivity contribution in [2.75, 3.05) is 6.61 Å². The molecule has 0 aliphatic heterocycles. The topological polar surface area (TPSA) is 35.5 Å². The Morgan fingerprint density at radius 1 is 0.968 bits per heavy atom. The van der Waals surface area contributed by atoms with Gasteiger partial charge in [0, 0.05) is 12.5 Å². The second-order valence-electron chi connectivity index (χ2n) is 7.82. The highest BCUT2D eigenvalue weighted by Gasteiger charge is 2.10. The van der Waals surface area contributed by atoms with E-state index in [1.165, 1.54) is 28.3 Å². The Kier molecular flexibility index (Phi) is 7.45. The van der Waals surface area contributed by atoms with E-state index >= 15 is 0 Å². The number of carbonyl (C=O) groups excluding carboxylic acids is 1. The molecule has 0 heterocycles. The summed E-state index contributed by atoms with van der Waals surface area (Å²) in [5.74, 6) is -0.229. The van der Waals surface area contributed by atoms with Crippen molar-refractivity contribution in [2.45, 2.75) is 47.1 Å². The first-order valence-electron chi connectivity index (χ1n) is 10.6. The third kappa shape index (κ3) is 5.94. The first-order chi connectivity index (χ1) is 14.9. The molecule has 0 fully saturated rings. The van der Waals surface area contributed by atoms with Gasteiger partial charge in [-0.2, -0.15) is 0 Å². The van der Waals surface area contributed by atoms with E-state index in [-0.39, 0.29) is 18.2 Å². The Morgan fingerprint density at radius 2 is 1.71 bits per heavy atom. The fourth-order valence-corrected chi connectivity index (χ4v) is 3.91. The molecule has 3 aromatic carbocycles. The Labute approximate surface area is 183 Å². The quantitative estimate of drug-likeness (QED) is 0.391. The van der Waals surface area contributed by atoms with Gasteiger partial charge in [0.25, 0.3) is 0 Å². The van der Waals surface area contributed by atoms with Crippen LogP contribution in [0.4, 0.5) is 4.39 Å². The zero-order valence-corrected chi connectivity index (χ0v) is 18.6. The average Bonchev–Trinajstić information content (AvgIpc) is 2.71. The molecule has 3 nitrogen and oxygen atoms in total. The molecule has 0 aliphatic rings. The Morgan fingerprint density at radius 3 is 2.39 bits per heavy atom. The first kappa shape index (κ1) is 22.5. The lowest BCUT2D eigenvalue weighted by Crippen LogP contribution is -2.06. The van der Waals surface area contributed by atoms with Crippen LogP contribution in [0.15, 0.2) is 54.6 Å². The molecule has 0 unspecified atom stereocenters. The molecule has 31 heavy (non-hydrogen) atoms. The van der Waals surface area contributed by atoms with Crippen LogP contribution in [0.3, 0.4) is 0 Å². The van der Waals surface area contributed by atoms with Crippen molar-refractivity contribution in [3.05, 3.63) is 88.2 Å². The molecule has 0 aliphatic carbocycles. The summed E-state index contributed by atoms with van der Waals surface area (Å²) in [5, 5.41) is 0. The third-order valence-electron chi connectivity index (χ3n) is 5.23. The summed E-state index contributed by atoms with van der Waals surface area (Å²) in [4.78, 5) is 11.5. The average molecular weight is 421 g/mol. The number of aryl methyl sites for hydroxylation is 4. The molecular formula is C27H29FO3. The molecular weight excluding hydrogens is 391 g/mol. The molecule has 0 spiro atoms. The van der Waals surface area contributed by atoms with Gasteiger partial charge in [-0.05, 0) is 79.6 Å². The summed E-state index contributed by atoms with van der Waals surface area (Å²) in [6.07, 6.45) is 0.470. The number of hydrogen-bond donors (Lipinski definition) is 0. The van der Waals surface area contributed by atoms with Crippen molar-refractivity contribution in [3.63, 3.8) is 0 Å². The predicted octanol–water partition coefficient (Wildman–Crippen LogP) is 6.49. The van der Waals surface area contributed by atoms with E-state index in [2.05, 4.69) is 45.0 Å². The van der Waals surface area contributed by atoms with E-state index in [9.17, 15) is 9.18 Å². The smallest absolute Gasteiger partial charge is 0.306 e. The molecule has 3 aromatic rings. The van der Waals surface area contributed by atoms with E-state index in [0.717, 1.165) is 11.1 Å². The van der Waals surface area contributed by atoms with Crippen LogP contribution in [0.25, 0.3) is 11.1 Å². The van der Waals surface area contributed by atoms with Gasteiger partial charge < -0.3 is 9.47 Å². The lowest BCUT2D eigenvalue weighted by molar-refractivity contribution is -0.143. The lowest BCUT2D eigenvalue weighted by Gasteiger charge is -2.13. The minimum atomic E-state index is -0.374. The van der Waals surface area contributed by atoms with Gasteiger partial charge in [-0.25, -0.2) is 4.39 Å². The van der Waals surface area contributed by atoms with Gasteiger partial charge in [-0.1, -0.05) is 42.0 Å². The van der Waals surface area contributed by atoms with Crippen LogP contribution in [0.2, 0.25) is 0 Å². The first-order valence-corrected chi connectivity index (χ1v) is 10.6. The minimum absolute atomic E-state index is 0.162. The highest BCUT2D eigenvalue weighted by molar-refractivity contribution is 5.72. The van der Waals surface area contributed by atoms with Gasteiger partial charge >= 0.3 is 5.97 Å². The third-order valence-corrected chi connectivity index (χ3v) is 5.23. The van der Waals surface area contributed by atoms with Gasteiger partial charge in [0.1, 0.15) is 18.2 Å². The standard InChI is InChI=1S/C27H29FO3/c1-5-30-26(29)12-10-22-9-11-24(16-25(22)28)31-17-21-7-6-8-23(15-21)27-19(3)13-18(2)14-20(27)4/h6-9,11,13-16H,5,10,12,17H2,1-4H3. The maximum Gasteiger partial charge on any atom is 0.306 e. The second-order valence-corrected chi connectivity index (χ2v) is 7.82. The molecule has 0 atom stereocenters. The Balaban J connectivity index is 1.68. The van der Waals surface area contributed by atoms with Crippen molar-refractivity contribution in [2.24, 2.45) is 0 Å². The zero-order chi connectivity index (χ0) is 22.4. The minimum Gasteiger partial charge on any atom is -0.489 e. The number of esters is 1. The van der Waals surface area contributed by atoms with Crippen molar-refractivity contribution < 1.29 is 18.7 Å². The fourth-order valence-electron chi connectivity index (χ4n) is 3.91. The Bertz CT molecular complexity index is 1050. The van der Waals surface area contributed by atoms with E-state index < -0.39 is 0 Å². The maximum atomic E-state index is 14.4. The van der Waals surface area contributed by atoms with Gasteiger partial charge in [-0.15, -0.1) is 0 Å². The summed E-state index contributed by atoms with van der Waals surface area (Å²) >= 11 is 0. The van der Waals surface area contributed by atoms with Crippen LogP contribution in [-0.2, 0) is 22.6 Å². The number of hydrogen-bond acceptors (Lipinski definition) is 3. The Hall–Kier alpha value is -3.14. The number of ether oxygens (including phenoxy) is 2. The molecule has 162 valence electrons. The summed E-state index contributed by atoms with van der Waals surface area (Å²) in [7, 11) is 0. The van der Waals surface area contributed by atoms with Crippen LogP contribution in [0.1, 0.15) is 41.2 Å². The molecule has 0 aromatic heterocycles. The molecule has 4 heteroatoms. The van der Waals surface area contributed by atoms with Crippen molar-refractivity contribution in [1.82, 2.24) is 0 Å². The van der Waals surface area contributed by atoms with Gasteiger partial charge in [0.2, 0.25) is 0 Å². The molecule has 0 saturated carbocycles. The molecule has 0 radical (unpaired) electrons. The van der Waals surface area contributed by atoms with Crippen LogP contribution in [-0.4, -0.2) is 12.6 Å². The number of rotatable bonds is 8.